The highest BCUT2D eigenvalue weighted by Crippen LogP contribution is 2.32. The number of rotatable bonds is 9. The molecule has 1 rings (SSSR count). The van der Waals surface area contributed by atoms with Gasteiger partial charge in [-0.05, 0) is 80.4 Å². The van der Waals surface area contributed by atoms with Crippen LogP contribution in [0.4, 0.5) is 0 Å². The van der Waals surface area contributed by atoms with Gasteiger partial charge in [0.25, 0.3) is 0 Å². The average molecular weight is 455 g/mol. The molecule has 0 atom stereocenters. The normalized spacial score (nSPS) is 13.0. The summed E-state index contributed by atoms with van der Waals surface area (Å²) < 4.78 is 35.9. The SMILES string of the molecule is Cc1ccc(S(=O)(=O)CCCCCC(C)(C(=O)OC(C)(C)C)C(=O)OC(C)(C)C)cc1. The summed E-state index contributed by atoms with van der Waals surface area (Å²) >= 11 is 0. The third kappa shape index (κ3) is 9.01. The first-order chi connectivity index (χ1) is 14.0. The van der Waals surface area contributed by atoms with Crippen molar-refractivity contribution in [3.05, 3.63) is 29.8 Å². The molecule has 0 saturated heterocycles. The molecule has 0 unspecified atom stereocenters. The van der Waals surface area contributed by atoms with Gasteiger partial charge in [-0.25, -0.2) is 8.42 Å². The molecule has 31 heavy (non-hydrogen) atoms. The van der Waals surface area contributed by atoms with E-state index in [1.165, 1.54) is 6.92 Å². The maximum Gasteiger partial charge on any atom is 0.323 e. The largest absolute Gasteiger partial charge is 0.459 e. The molecule has 176 valence electrons. The Morgan fingerprint density at radius 3 is 1.65 bits per heavy atom. The van der Waals surface area contributed by atoms with E-state index in [9.17, 15) is 18.0 Å². The second kappa shape index (κ2) is 10.2. The van der Waals surface area contributed by atoms with Crippen LogP contribution in [-0.2, 0) is 28.9 Å². The average Bonchev–Trinajstić information content (AvgIpc) is 2.58. The second-order valence-corrected chi connectivity index (χ2v) is 12.4. The van der Waals surface area contributed by atoms with Gasteiger partial charge in [0.05, 0.1) is 10.6 Å². The van der Waals surface area contributed by atoms with E-state index in [4.69, 9.17) is 9.47 Å². The molecule has 0 radical (unpaired) electrons. The summed E-state index contributed by atoms with van der Waals surface area (Å²) in [5.74, 6) is -1.23. The lowest BCUT2D eigenvalue weighted by atomic mass is 9.84. The maximum absolute atomic E-state index is 12.8. The van der Waals surface area contributed by atoms with Gasteiger partial charge in [0.2, 0.25) is 0 Å². The van der Waals surface area contributed by atoms with E-state index in [2.05, 4.69) is 0 Å². The van der Waals surface area contributed by atoms with Gasteiger partial charge in [0.15, 0.2) is 15.3 Å². The molecule has 1 aromatic rings. The van der Waals surface area contributed by atoms with Crippen LogP contribution in [0.3, 0.4) is 0 Å². The van der Waals surface area contributed by atoms with Crippen LogP contribution in [0.25, 0.3) is 0 Å². The highest BCUT2D eigenvalue weighted by molar-refractivity contribution is 7.91. The Bertz CT molecular complexity index is 827. The van der Waals surface area contributed by atoms with Crippen molar-refractivity contribution < 1.29 is 27.5 Å². The standard InChI is InChI=1S/C24H38O6S/c1-18-12-14-19(15-13-18)31(27,28)17-11-9-10-16-24(8,20(25)29-22(2,3)4)21(26)30-23(5,6)7/h12-15H,9-11,16-17H2,1-8H3. The highest BCUT2D eigenvalue weighted by atomic mass is 32.2. The van der Waals surface area contributed by atoms with Gasteiger partial charge in [-0.2, -0.15) is 0 Å². The van der Waals surface area contributed by atoms with Crippen molar-refractivity contribution in [2.75, 3.05) is 5.75 Å². The molecule has 0 N–H and O–H groups in total. The molecule has 0 saturated carbocycles. The summed E-state index contributed by atoms with van der Waals surface area (Å²) in [6.45, 7) is 13.9. The molecule has 0 aliphatic heterocycles. The fourth-order valence-electron chi connectivity index (χ4n) is 2.88. The van der Waals surface area contributed by atoms with Gasteiger partial charge in [0, 0.05) is 0 Å². The Morgan fingerprint density at radius 1 is 0.774 bits per heavy atom. The van der Waals surface area contributed by atoms with E-state index >= 15 is 0 Å². The summed E-state index contributed by atoms with van der Waals surface area (Å²) in [5.41, 5.74) is -1.91. The van der Waals surface area contributed by atoms with Crippen molar-refractivity contribution in [3.63, 3.8) is 0 Å². The number of sulfone groups is 1. The number of carbonyl (C=O) groups excluding carboxylic acids is 2. The summed E-state index contributed by atoms with van der Waals surface area (Å²) in [7, 11) is -3.36. The lowest BCUT2D eigenvalue weighted by molar-refractivity contribution is -0.184. The van der Waals surface area contributed by atoms with E-state index in [1.54, 1.807) is 65.8 Å². The van der Waals surface area contributed by atoms with Crippen LogP contribution in [0.15, 0.2) is 29.2 Å². The smallest absolute Gasteiger partial charge is 0.323 e. The zero-order valence-corrected chi connectivity index (χ0v) is 21.0. The third-order valence-electron chi connectivity index (χ3n) is 4.67. The molecule has 0 aliphatic carbocycles. The van der Waals surface area contributed by atoms with Crippen LogP contribution in [0, 0.1) is 12.3 Å². The van der Waals surface area contributed by atoms with Gasteiger partial charge in [-0.1, -0.05) is 30.5 Å². The van der Waals surface area contributed by atoms with Crippen molar-refractivity contribution in [1.29, 1.82) is 0 Å². The number of hydrogen-bond donors (Lipinski definition) is 0. The van der Waals surface area contributed by atoms with Crippen molar-refractivity contribution in [1.82, 2.24) is 0 Å². The van der Waals surface area contributed by atoms with Crippen molar-refractivity contribution >= 4 is 21.8 Å². The lowest BCUT2D eigenvalue weighted by Gasteiger charge is -2.32. The number of esters is 2. The Kier molecular flexibility index (Phi) is 8.89. The number of ether oxygens (including phenoxy) is 2. The molecular formula is C24H38O6S. The minimum absolute atomic E-state index is 0.0195. The zero-order chi connectivity index (χ0) is 24.1. The fraction of sp³-hybridized carbons (Fsp3) is 0.667. The Morgan fingerprint density at radius 2 is 1.23 bits per heavy atom. The predicted molar refractivity (Wildman–Crippen MR) is 121 cm³/mol. The van der Waals surface area contributed by atoms with Crippen LogP contribution in [0.2, 0.25) is 0 Å². The van der Waals surface area contributed by atoms with E-state index < -0.39 is 38.4 Å². The summed E-state index contributed by atoms with van der Waals surface area (Å²) in [6, 6.07) is 6.79. The van der Waals surface area contributed by atoms with E-state index in [-0.39, 0.29) is 12.2 Å². The zero-order valence-electron chi connectivity index (χ0n) is 20.2. The van der Waals surface area contributed by atoms with Crippen LogP contribution >= 0.6 is 0 Å². The van der Waals surface area contributed by atoms with Crippen LogP contribution in [0.5, 0.6) is 0 Å². The molecule has 0 fully saturated rings. The molecule has 0 aliphatic rings. The van der Waals surface area contributed by atoms with E-state index in [0.29, 0.717) is 24.2 Å². The molecule has 0 aromatic heterocycles. The predicted octanol–water partition coefficient (Wildman–Crippen LogP) is 5.02. The fourth-order valence-corrected chi connectivity index (χ4v) is 4.25. The molecule has 0 spiro atoms. The number of carbonyl (C=O) groups is 2. The van der Waals surface area contributed by atoms with Gasteiger partial charge in [-0.15, -0.1) is 0 Å². The van der Waals surface area contributed by atoms with Crippen LogP contribution in [0.1, 0.15) is 79.7 Å². The Balaban J connectivity index is 2.77. The molecule has 0 amide bonds. The van der Waals surface area contributed by atoms with Crippen LogP contribution in [-0.4, -0.2) is 37.3 Å². The Labute approximate surface area is 187 Å². The Hall–Kier alpha value is -1.89. The second-order valence-electron chi connectivity index (χ2n) is 10.3. The van der Waals surface area contributed by atoms with Gasteiger partial charge < -0.3 is 9.47 Å². The number of hydrogen-bond acceptors (Lipinski definition) is 6. The van der Waals surface area contributed by atoms with Gasteiger partial charge in [0.1, 0.15) is 11.2 Å². The minimum atomic E-state index is -3.36. The lowest BCUT2D eigenvalue weighted by Crippen LogP contribution is -2.44. The quantitative estimate of drug-likeness (QED) is 0.296. The molecule has 6 nitrogen and oxygen atoms in total. The number of unbranched alkanes of at least 4 members (excludes halogenated alkanes) is 2. The topological polar surface area (TPSA) is 86.7 Å². The van der Waals surface area contributed by atoms with Crippen LogP contribution < -0.4 is 0 Å². The first kappa shape index (κ1) is 27.1. The number of aryl methyl sites for hydroxylation is 1. The summed E-state index contributed by atoms with van der Waals surface area (Å²) in [6.07, 6.45) is 1.72. The molecule has 0 bridgehead atoms. The third-order valence-corrected chi connectivity index (χ3v) is 6.49. The molecule has 0 heterocycles. The van der Waals surface area contributed by atoms with Gasteiger partial charge >= 0.3 is 11.9 Å². The molecule has 7 heteroatoms. The maximum atomic E-state index is 12.8. The van der Waals surface area contributed by atoms with Gasteiger partial charge in [-0.3, -0.25) is 9.59 Å². The summed E-state index contributed by atoms with van der Waals surface area (Å²) in [4.78, 5) is 26.0. The summed E-state index contributed by atoms with van der Waals surface area (Å²) in [5, 5.41) is 0. The number of benzene rings is 1. The van der Waals surface area contributed by atoms with Crippen molar-refractivity contribution in [3.8, 4) is 0 Å². The first-order valence-electron chi connectivity index (χ1n) is 10.7. The van der Waals surface area contributed by atoms with Crippen molar-refractivity contribution in [2.45, 2.75) is 97.2 Å². The molecule has 1 aromatic carbocycles. The van der Waals surface area contributed by atoms with E-state index in [1.807, 2.05) is 6.92 Å². The first-order valence-corrected chi connectivity index (χ1v) is 12.4. The van der Waals surface area contributed by atoms with E-state index in [0.717, 1.165) is 5.56 Å². The van der Waals surface area contributed by atoms with Crippen molar-refractivity contribution in [2.24, 2.45) is 5.41 Å². The minimum Gasteiger partial charge on any atom is -0.459 e. The monoisotopic (exact) mass is 454 g/mol. The molecular weight excluding hydrogens is 416 g/mol. The highest BCUT2D eigenvalue weighted by Gasteiger charge is 2.46.